The average Bonchev–Trinajstić information content (AvgIpc) is 2.40. The maximum atomic E-state index is 10.7. The third-order valence-corrected chi connectivity index (χ3v) is 2.44. The van der Waals surface area contributed by atoms with Crippen LogP contribution >= 0.6 is 0 Å². The average molecular weight is 243 g/mol. The van der Waals surface area contributed by atoms with Gasteiger partial charge in [-0.25, -0.2) is 9.78 Å². The third kappa shape index (κ3) is 2.85. The van der Waals surface area contributed by atoms with E-state index in [2.05, 4.69) is 4.98 Å². The summed E-state index contributed by atoms with van der Waals surface area (Å²) in [6.45, 7) is 1.47. The third-order valence-electron chi connectivity index (χ3n) is 2.44. The maximum Gasteiger partial charge on any atom is 0.344 e. The summed E-state index contributed by atoms with van der Waals surface area (Å²) in [4.78, 5) is 15.0. The van der Waals surface area contributed by atoms with E-state index in [4.69, 9.17) is 9.84 Å². The number of carbonyl (C=O) groups is 1. The molecule has 0 saturated heterocycles. The standard InChI is InChI=1S/C14H13NO3/c1-10(14(16)17)18-13-9-5-8-12(15-13)11-6-3-2-4-7-11/h2-10H,1H3,(H,16,17). The minimum atomic E-state index is -1.01. The van der Waals surface area contributed by atoms with Crippen molar-refractivity contribution in [2.24, 2.45) is 0 Å². The van der Waals surface area contributed by atoms with Crippen molar-refractivity contribution < 1.29 is 14.6 Å². The molecule has 2 aromatic rings. The molecule has 0 saturated carbocycles. The Balaban J connectivity index is 2.23. The normalized spacial score (nSPS) is 11.8. The number of aromatic nitrogens is 1. The molecule has 4 nitrogen and oxygen atoms in total. The number of aliphatic carboxylic acids is 1. The number of nitrogens with zero attached hydrogens (tertiary/aromatic N) is 1. The lowest BCUT2D eigenvalue weighted by Crippen LogP contribution is -2.23. The molecule has 2 rings (SSSR count). The molecule has 0 aliphatic carbocycles. The summed E-state index contributed by atoms with van der Waals surface area (Å²) >= 11 is 0. The van der Waals surface area contributed by atoms with Gasteiger partial charge in [0.25, 0.3) is 0 Å². The van der Waals surface area contributed by atoms with Gasteiger partial charge in [-0.1, -0.05) is 36.4 Å². The lowest BCUT2D eigenvalue weighted by atomic mass is 10.1. The predicted molar refractivity (Wildman–Crippen MR) is 67.4 cm³/mol. The minimum Gasteiger partial charge on any atom is -0.479 e. The number of rotatable bonds is 4. The highest BCUT2D eigenvalue weighted by Gasteiger charge is 2.13. The first kappa shape index (κ1) is 12.1. The molecule has 1 N–H and O–H groups in total. The second kappa shape index (κ2) is 5.31. The Hall–Kier alpha value is -2.36. The summed E-state index contributed by atoms with van der Waals surface area (Å²) < 4.78 is 5.23. The van der Waals surface area contributed by atoms with Crippen LogP contribution in [0.1, 0.15) is 6.92 Å². The van der Waals surface area contributed by atoms with Gasteiger partial charge >= 0.3 is 5.97 Å². The fourth-order valence-corrected chi connectivity index (χ4v) is 1.48. The predicted octanol–water partition coefficient (Wildman–Crippen LogP) is 2.60. The van der Waals surface area contributed by atoms with Gasteiger partial charge in [0, 0.05) is 11.6 Å². The topological polar surface area (TPSA) is 59.4 Å². The summed E-state index contributed by atoms with van der Waals surface area (Å²) in [7, 11) is 0. The SMILES string of the molecule is CC(Oc1cccc(-c2ccccc2)n1)C(=O)O. The molecule has 92 valence electrons. The van der Waals surface area contributed by atoms with Crippen molar-refractivity contribution in [3.63, 3.8) is 0 Å². The highest BCUT2D eigenvalue weighted by atomic mass is 16.5. The first-order valence-corrected chi connectivity index (χ1v) is 5.59. The quantitative estimate of drug-likeness (QED) is 0.896. The van der Waals surface area contributed by atoms with Gasteiger partial charge in [-0.2, -0.15) is 0 Å². The van der Waals surface area contributed by atoms with Gasteiger partial charge in [0.15, 0.2) is 6.10 Å². The van der Waals surface area contributed by atoms with Crippen LogP contribution in [0.25, 0.3) is 11.3 Å². The van der Waals surface area contributed by atoms with E-state index in [1.807, 2.05) is 36.4 Å². The number of hydrogen-bond donors (Lipinski definition) is 1. The first-order valence-electron chi connectivity index (χ1n) is 5.59. The van der Waals surface area contributed by atoms with E-state index in [1.54, 1.807) is 12.1 Å². The molecule has 18 heavy (non-hydrogen) atoms. The van der Waals surface area contributed by atoms with Crippen molar-refractivity contribution in [2.75, 3.05) is 0 Å². The van der Waals surface area contributed by atoms with Crippen LogP contribution in [0, 0.1) is 0 Å². The molecule has 0 spiro atoms. The van der Waals surface area contributed by atoms with Crippen molar-refractivity contribution in [3.8, 4) is 17.1 Å². The fraction of sp³-hybridized carbons (Fsp3) is 0.143. The molecule has 0 aliphatic heterocycles. The molecule has 0 amide bonds. The van der Waals surface area contributed by atoms with Crippen LogP contribution in [-0.4, -0.2) is 22.2 Å². The highest BCUT2D eigenvalue weighted by Crippen LogP contribution is 2.19. The summed E-state index contributed by atoms with van der Waals surface area (Å²) in [5.74, 6) is -0.701. The van der Waals surface area contributed by atoms with E-state index >= 15 is 0 Å². The molecule has 1 atom stereocenters. The van der Waals surface area contributed by atoms with Gasteiger partial charge < -0.3 is 9.84 Å². The molecule has 1 aromatic carbocycles. The van der Waals surface area contributed by atoms with Crippen LogP contribution in [0.5, 0.6) is 5.88 Å². The number of benzene rings is 1. The van der Waals surface area contributed by atoms with Gasteiger partial charge in [-0.15, -0.1) is 0 Å². The number of ether oxygens (including phenoxy) is 1. The first-order chi connectivity index (χ1) is 8.66. The number of pyridine rings is 1. The van der Waals surface area contributed by atoms with E-state index in [0.717, 1.165) is 11.3 Å². The van der Waals surface area contributed by atoms with E-state index in [9.17, 15) is 4.79 Å². The van der Waals surface area contributed by atoms with Crippen molar-refractivity contribution in [1.82, 2.24) is 4.98 Å². The van der Waals surface area contributed by atoms with Gasteiger partial charge in [0.05, 0.1) is 5.69 Å². The number of carboxylic acid groups (broad SMARTS) is 1. The monoisotopic (exact) mass is 243 g/mol. The minimum absolute atomic E-state index is 0.311. The zero-order valence-electron chi connectivity index (χ0n) is 9.91. The molecule has 1 aromatic heterocycles. The van der Waals surface area contributed by atoms with Gasteiger partial charge in [0.2, 0.25) is 5.88 Å². The molecule has 1 heterocycles. The molecular weight excluding hydrogens is 230 g/mol. The Bertz CT molecular complexity index is 540. The molecule has 0 radical (unpaired) electrons. The van der Waals surface area contributed by atoms with Crippen LogP contribution in [0.4, 0.5) is 0 Å². The van der Waals surface area contributed by atoms with Gasteiger partial charge in [-0.3, -0.25) is 0 Å². The summed E-state index contributed by atoms with van der Waals surface area (Å²) in [6.07, 6.45) is -0.913. The van der Waals surface area contributed by atoms with Crippen LogP contribution in [-0.2, 0) is 4.79 Å². The molecular formula is C14H13NO3. The summed E-state index contributed by atoms with van der Waals surface area (Å²) in [6, 6.07) is 14.9. The number of hydrogen-bond acceptors (Lipinski definition) is 3. The Labute approximate surface area is 105 Å². The summed E-state index contributed by atoms with van der Waals surface area (Å²) in [5, 5.41) is 8.78. The van der Waals surface area contributed by atoms with Gasteiger partial charge in [-0.05, 0) is 13.0 Å². The van der Waals surface area contributed by atoms with Crippen molar-refractivity contribution >= 4 is 5.97 Å². The molecule has 0 aliphatic rings. The zero-order chi connectivity index (χ0) is 13.0. The Kier molecular flexibility index (Phi) is 3.57. The second-order valence-electron chi connectivity index (χ2n) is 3.83. The fourth-order valence-electron chi connectivity index (χ4n) is 1.48. The van der Waals surface area contributed by atoms with E-state index < -0.39 is 12.1 Å². The van der Waals surface area contributed by atoms with Crippen LogP contribution in [0.3, 0.4) is 0 Å². The lowest BCUT2D eigenvalue weighted by Gasteiger charge is -2.10. The smallest absolute Gasteiger partial charge is 0.344 e. The zero-order valence-corrected chi connectivity index (χ0v) is 9.91. The Morgan fingerprint density at radius 2 is 1.89 bits per heavy atom. The van der Waals surface area contributed by atoms with E-state index in [1.165, 1.54) is 6.92 Å². The molecule has 1 unspecified atom stereocenters. The summed E-state index contributed by atoms with van der Waals surface area (Å²) in [5.41, 5.74) is 1.72. The maximum absolute atomic E-state index is 10.7. The van der Waals surface area contributed by atoms with Crippen molar-refractivity contribution in [1.29, 1.82) is 0 Å². The van der Waals surface area contributed by atoms with Crippen molar-refractivity contribution in [2.45, 2.75) is 13.0 Å². The molecule has 0 bridgehead atoms. The largest absolute Gasteiger partial charge is 0.479 e. The van der Waals surface area contributed by atoms with E-state index in [-0.39, 0.29) is 0 Å². The second-order valence-corrected chi connectivity index (χ2v) is 3.83. The van der Waals surface area contributed by atoms with Crippen LogP contribution < -0.4 is 4.74 Å². The van der Waals surface area contributed by atoms with Gasteiger partial charge in [0.1, 0.15) is 0 Å². The van der Waals surface area contributed by atoms with Crippen LogP contribution in [0.2, 0.25) is 0 Å². The van der Waals surface area contributed by atoms with Crippen molar-refractivity contribution in [3.05, 3.63) is 48.5 Å². The molecule has 0 fully saturated rings. The molecule has 4 heteroatoms. The Morgan fingerprint density at radius 3 is 2.56 bits per heavy atom. The highest BCUT2D eigenvalue weighted by molar-refractivity contribution is 5.72. The van der Waals surface area contributed by atoms with Crippen LogP contribution in [0.15, 0.2) is 48.5 Å². The number of carboxylic acids is 1. The van der Waals surface area contributed by atoms with E-state index in [0.29, 0.717) is 5.88 Å². The lowest BCUT2D eigenvalue weighted by molar-refractivity contribution is -0.144. The Morgan fingerprint density at radius 1 is 1.17 bits per heavy atom.